The number of aromatic amines is 1. The van der Waals surface area contributed by atoms with Crippen molar-refractivity contribution in [3.8, 4) is 0 Å². The number of aryl methyl sites for hydroxylation is 2. The van der Waals surface area contributed by atoms with E-state index in [-0.39, 0.29) is 24.6 Å². The minimum Gasteiger partial charge on any atom is -0.748 e. The molecule has 0 fully saturated rings. The quantitative estimate of drug-likeness (QED) is 0.476. The molecule has 0 aliphatic rings. The van der Waals surface area contributed by atoms with E-state index >= 15 is 0 Å². The molecule has 0 bridgehead atoms. The van der Waals surface area contributed by atoms with Gasteiger partial charge in [0, 0.05) is 5.75 Å². The van der Waals surface area contributed by atoms with Crippen molar-refractivity contribution in [3.63, 3.8) is 0 Å². The third-order valence-corrected chi connectivity index (χ3v) is 2.50. The Labute approximate surface area is 108 Å². The Bertz CT molecular complexity index is 361. The predicted molar refractivity (Wildman–Crippen MR) is 55.3 cm³/mol. The van der Waals surface area contributed by atoms with E-state index in [2.05, 4.69) is 15.4 Å². The van der Waals surface area contributed by atoms with Gasteiger partial charge in [-0.3, -0.25) is 0 Å². The normalized spacial score (nSPS) is 10.0. The van der Waals surface area contributed by atoms with E-state index in [1.54, 1.807) is 0 Å². The van der Waals surface area contributed by atoms with Crippen LogP contribution in [-0.4, -0.2) is 34.1 Å². The number of nitrogens with zero attached hydrogens (tertiary/aromatic N) is 2. The Morgan fingerprint density at radius 2 is 1.69 bits per heavy atom. The van der Waals surface area contributed by atoms with Crippen LogP contribution in [0.4, 0.5) is 0 Å². The number of H-pyrrole nitrogens is 1. The van der Waals surface area contributed by atoms with Gasteiger partial charge in [0.05, 0.1) is 21.5 Å². The van der Waals surface area contributed by atoms with Crippen LogP contribution in [-0.2, 0) is 10.1 Å². The number of rotatable bonds is 3. The summed E-state index contributed by atoms with van der Waals surface area (Å²) < 4.78 is 29.5. The fourth-order valence-electron chi connectivity index (χ4n) is 0.658. The van der Waals surface area contributed by atoms with Crippen molar-refractivity contribution >= 4 is 10.1 Å². The van der Waals surface area contributed by atoms with Gasteiger partial charge in [-0.05, 0) is 20.3 Å². The van der Waals surface area contributed by atoms with Crippen molar-refractivity contribution in [3.05, 3.63) is 11.4 Å². The smallest absolute Gasteiger partial charge is 0.748 e. The van der Waals surface area contributed by atoms with Gasteiger partial charge < -0.3 is 4.55 Å². The number of nitrogens with one attached hydrogen (secondary N) is 1. The van der Waals surface area contributed by atoms with Crippen LogP contribution in [0.3, 0.4) is 0 Å². The molecule has 0 atom stereocenters. The predicted octanol–water partition coefficient (Wildman–Crippen LogP) is -2.24. The third-order valence-electron chi connectivity index (χ3n) is 1.71. The van der Waals surface area contributed by atoms with Crippen molar-refractivity contribution in [1.29, 1.82) is 0 Å². The second kappa shape index (κ2) is 8.76. The first kappa shape index (κ1) is 18.0. The Morgan fingerprint density at radius 1 is 1.25 bits per heavy atom. The van der Waals surface area contributed by atoms with E-state index in [4.69, 9.17) is 0 Å². The number of unbranched alkanes of at least 4 members (excludes halogenated alkanes) is 1. The zero-order chi connectivity index (χ0) is 11.9. The van der Waals surface area contributed by atoms with Crippen LogP contribution < -0.4 is 18.9 Å². The molecule has 0 aromatic carbocycles. The molecule has 1 N–H and O–H groups in total. The van der Waals surface area contributed by atoms with Crippen LogP contribution in [0.15, 0.2) is 0 Å². The van der Waals surface area contributed by atoms with Gasteiger partial charge in [0.2, 0.25) is 0 Å². The third kappa shape index (κ3) is 10.2. The maximum absolute atomic E-state index is 9.83. The molecule has 88 valence electrons. The summed E-state index contributed by atoms with van der Waals surface area (Å²) in [4.78, 5) is 0. The molecule has 0 saturated carbocycles. The maximum atomic E-state index is 9.83. The van der Waals surface area contributed by atoms with Crippen LogP contribution in [0, 0.1) is 13.8 Å². The molecular weight excluding hydrogens is 225 g/mol. The fourth-order valence-corrected chi connectivity index (χ4v) is 1.30. The van der Waals surface area contributed by atoms with Gasteiger partial charge in [-0.25, -0.2) is 8.42 Å². The summed E-state index contributed by atoms with van der Waals surface area (Å²) in [7, 11) is -3.94. The van der Waals surface area contributed by atoms with Crippen molar-refractivity contribution in [2.75, 3.05) is 5.75 Å². The van der Waals surface area contributed by atoms with Gasteiger partial charge in [-0.1, -0.05) is 13.3 Å². The van der Waals surface area contributed by atoms with Gasteiger partial charge in [0.25, 0.3) is 0 Å². The van der Waals surface area contributed by atoms with Crippen LogP contribution in [0.25, 0.3) is 0 Å². The number of hydrogen-bond donors (Lipinski definition) is 1. The topological polar surface area (TPSA) is 98.8 Å². The van der Waals surface area contributed by atoms with Gasteiger partial charge in [-0.15, -0.1) is 0 Å². The first-order chi connectivity index (χ1) is 6.87. The second-order valence-corrected chi connectivity index (χ2v) is 4.63. The van der Waals surface area contributed by atoms with E-state index in [1.165, 1.54) is 0 Å². The Balaban J connectivity index is 0. The van der Waals surface area contributed by atoms with Crippen molar-refractivity contribution < 1.29 is 31.8 Å². The molecule has 16 heavy (non-hydrogen) atoms. The summed E-state index contributed by atoms with van der Waals surface area (Å²) in [6.45, 7) is 5.67. The molecule has 0 radical (unpaired) electrons. The molecule has 0 saturated heterocycles. The molecule has 0 spiro atoms. The number of aromatic nitrogens is 3. The van der Waals surface area contributed by atoms with Crippen molar-refractivity contribution in [2.24, 2.45) is 0 Å². The molecule has 1 rings (SSSR count). The van der Waals surface area contributed by atoms with Crippen LogP contribution in [0.1, 0.15) is 31.2 Å². The van der Waals surface area contributed by atoms with Crippen molar-refractivity contribution in [2.45, 2.75) is 33.6 Å². The van der Waals surface area contributed by atoms with Gasteiger partial charge in [0.1, 0.15) is 0 Å². The van der Waals surface area contributed by atoms with Gasteiger partial charge >= 0.3 is 18.9 Å². The zero-order valence-electron chi connectivity index (χ0n) is 10.1. The molecule has 0 aliphatic heterocycles. The SMILES string of the molecule is CCCCS(=O)(=O)[O-].Cc1n[nH]nc1C.[Li+]. The monoisotopic (exact) mass is 241 g/mol. The van der Waals surface area contributed by atoms with Crippen LogP contribution in [0.5, 0.6) is 0 Å². The van der Waals surface area contributed by atoms with Gasteiger partial charge in [0.15, 0.2) is 0 Å². The van der Waals surface area contributed by atoms with Crippen molar-refractivity contribution in [1.82, 2.24) is 15.4 Å². The largest absolute Gasteiger partial charge is 1.00 e. The minimum atomic E-state index is -3.94. The molecule has 0 unspecified atom stereocenters. The average molecular weight is 241 g/mol. The summed E-state index contributed by atoms with van der Waals surface area (Å²) in [5, 5.41) is 10.1. The fraction of sp³-hybridized carbons (Fsp3) is 0.750. The molecule has 6 nitrogen and oxygen atoms in total. The molecule has 0 amide bonds. The average Bonchev–Trinajstić information content (AvgIpc) is 2.48. The minimum absolute atomic E-state index is 0. The van der Waals surface area contributed by atoms with Crippen LogP contribution in [0.2, 0.25) is 0 Å². The van der Waals surface area contributed by atoms with E-state index in [0.29, 0.717) is 6.42 Å². The molecular formula is C8H16LiN3O3S. The summed E-state index contributed by atoms with van der Waals surface area (Å²) in [6.07, 6.45) is 1.23. The first-order valence-corrected chi connectivity index (χ1v) is 6.22. The Kier molecular flexibility index (Phi) is 9.87. The van der Waals surface area contributed by atoms with Crippen LogP contribution >= 0.6 is 0 Å². The van der Waals surface area contributed by atoms with Gasteiger partial charge in [-0.2, -0.15) is 15.4 Å². The standard InChI is InChI=1S/C4H7N3.C4H10O3S.Li/c1-3-4(2)6-7-5-3;1-2-3-4-8(5,6)7;/h1-2H3,(H,5,6,7);2-4H2,1H3,(H,5,6,7);/q;;+1/p-1. The maximum Gasteiger partial charge on any atom is 1.00 e. The molecule has 1 heterocycles. The number of hydrogen-bond acceptors (Lipinski definition) is 5. The Morgan fingerprint density at radius 3 is 1.81 bits per heavy atom. The molecule has 1 aromatic rings. The molecule has 0 aliphatic carbocycles. The zero-order valence-corrected chi connectivity index (χ0v) is 11.0. The summed E-state index contributed by atoms with van der Waals surface area (Å²) in [5.41, 5.74) is 1.94. The summed E-state index contributed by atoms with van der Waals surface area (Å²) >= 11 is 0. The summed E-state index contributed by atoms with van der Waals surface area (Å²) in [5.74, 6) is -0.219. The van der Waals surface area contributed by atoms with E-state index in [0.717, 1.165) is 17.8 Å². The van der Waals surface area contributed by atoms with E-state index < -0.39 is 10.1 Å². The molecule has 1 aromatic heterocycles. The van der Waals surface area contributed by atoms with E-state index in [1.807, 2.05) is 20.8 Å². The second-order valence-electron chi connectivity index (χ2n) is 3.11. The van der Waals surface area contributed by atoms with E-state index in [9.17, 15) is 13.0 Å². The Hall–Kier alpha value is -0.353. The molecule has 8 heteroatoms. The summed E-state index contributed by atoms with van der Waals surface area (Å²) in [6, 6.07) is 0. The first-order valence-electron chi connectivity index (χ1n) is 4.64.